The molecular formula is C14H19O3P. The van der Waals surface area contributed by atoms with Gasteiger partial charge in [-0.1, -0.05) is 43.0 Å². The van der Waals surface area contributed by atoms with Gasteiger partial charge in [-0.3, -0.25) is 4.57 Å². The molecule has 0 aliphatic heterocycles. The Hall–Kier alpha value is -1.15. The van der Waals surface area contributed by atoms with Gasteiger partial charge in [0.15, 0.2) is 0 Å². The molecule has 0 heterocycles. The highest BCUT2D eigenvalue weighted by atomic mass is 31.2. The average molecular weight is 266 g/mol. The molecule has 0 aromatic heterocycles. The third-order valence-electron chi connectivity index (χ3n) is 2.22. The highest BCUT2D eigenvalue weighted by molar-refractivity contribution is 7.58. The third kappa shape index (κ3) is 4.26. The zero-order chi connectivity index (χ0) is 13.4. The van der Waals surface area contributed by atoms with Gasteiger partial charge in [-0.25, -0.2) is 0 Å². The van der Waals surface area contributed by atoms with E-state index >= 15 is 0 Å². The van der Waals surface area contributed by atoms with Crippen LogP contribution < -0.4 is 0 Å². The fourth-order valence-corrected chi connectivity index (χ4v) is 2.73. The topological polar surface area (TPSA) is 35.5 Å². The number of benzene rings is 1. The van der Waals surface area contributed by atoms with Crippen LogP contribution in [-0.4, -0.2) is 13.2 Å². The summed E-state index contributed by atoms with van der Waals surface area (Å²) in [6.45, 7) is 7.99. The molecule has 4 heteroatoms. The predicted molar refractivity (Wildman–Crippen MR) is 75.5 cm³/mol. The molecule has 0 N–H and O–H groups in total. The van der Waals surface area contributed by atoms with Crippen LogP contribution in [-0.2, 0) is 13.6 Å². The van der Waals surface area contributed by atoms with E-state index < -0.39 is 7.60 Å². The maximum absolute atomic E-state index is 12.3. The first-order valence-electron chi connectivity index (χ1n) is 5.94. The van der Waals surface area contributed by atoms with Crippen LogP contribution in [0.1, 0.15) is 19.4 Å². The maximum atomic E-state index is 12.3. The average Bonchev–Trinajstić information content (AvgIpc) is 2.37. The van der Waals surface area contributed by atoms with Gasteiger partial charge >= 0.3 is 7.60 Å². The Labute approximate surface area is 109 Å². The molecule has 0 aliphatic rings. The lowest BCUT2D eigenvalue weighted by atomic mass is 10.2. The molecule has 0 saturated carbocycles. The SMILES string of the molecule is C=C(/C=C/c1ccccc1)P(=O)(OCC)OCC. The van der Waals surface area contributed by atoms with Gasteiger partial charge in [0.05, 0.1) is 18.5 Å². The van der Waals surface area contributed by atoms with Gasteiger partial charge in [-0.15, -0.1) is 0 Å². The van der Waals surface area contributed by atoms with Crippen LogP contribution in [0.25, 0.3) is 6.08 Å². The van der Waals surface area contributed by atoms with E-state index in [-0.39, 0.29) is 0 Å². The summed E-state index contributed by atoms with van der Waals surface area (Å²) in [4.78, 5) is 0. The van der Waals surface area contributed by atoms with Crippen molar-refractivity contribution < 1.29 is 13.6 Å². The van der Waals surface area contributed by atoms with Gasteiger partial charge in [0, 0.05) is 0 Å². The maximum Gasteiger partial charge on any atom is 0.360 e. The molecule has 0 aliphatic carbocycles. The molecule has 1 aromatic rings. The number of hydrogen-bond acceptors (Lipinski definition) is 3. The van der Waals surface area contributed by atoms with E-state index in [0.717, 1.165) is 5.56 Å². The van der Waals surface area contributed by atoms with E-state index in [1.165, 1.54) is 0 Å². The summed E-state index contributed by atoms with van der Waals surface area (Å²) in [5, 5.41) is 0.370. The summed E-state index contributed by atoms with van der Waals surface area (Å²) >= 11 is 0. The molecule has 3 nitrogen and oxygen atoms in total. The van der Waals surface area contributed by atoms with Gasteiger partial charge in [0.1, 0.15) is 0 Å². The van der Waals surface area contributed by atoms with Crippen molar-refractivity contribution in [3.63, 3.8) is 0 Å². The Morgan fingerprint density at radius 3 is 2.28 bits per heavy atom. The highest BCUT2D eigenvalue weighted by Crippen LogP contribution is 2.55. The van der Waals surface area contributed by atoms with Crippen LogP contribution in [0.3, 0.4) is 0 Å². The second kappa shape index (κ2) is 7.32. The Morgan fingerprint density at radius 2 is 1.78 bits per heavy atom. The highest BCUT2D eigenvalue weighted by Gasteiger charge is 2.25. The fraction of sp³-hybridized carbons (Fsp3) is 0.286. The Bertz CT molecular complexity index is 441. The third-order valence-corrected chi connectivity index (χ3v) is 4.27. The zero-order valence-corrected chi connectivity index (χ0v) is 11.7. The van der Waals surface area contributed by atoms with Gasteiger partial charge < -0.3 is 9.05 Å². The summed E-state index contributed by atoms with van der Waals surface area (Å²) in [6.07, 6.45) is 3.52. The molecule has 0 saturated heterocycles. The summed E-state index contributed by atoms with van der Waals surface area (Å²) < 4.78 is 22.7. The minimum Gasteiger partial charge on any atom is -0.306 e. The quantitative estimate of drug-likeness (QED) is 0.539. The van der Waals surface area contributed by atoms with Crippen molar-refractivity contribution in [2.75, 3.05) is 13.2 Å². The lowest BCUT2D eigenvalue weighted by molar-refractivity contribution is 0.227. The van der Waals surface area contributed by atoms with E-state index in [0.29, 0.717) is 18.5 Å². The van der Waals surface area contributed by atoms with Crippen molar-refractivity contribution in [1.29, 1.82) is 0 Å². The van der Waals surface area contributed by atoms with Gasteiger partial charge in [0.2, 0.25) is 0 Å². The molecular weight excluding hydrogens is 247 g/mol. The van der Waals surface area contributed by atoms with Crippen molar-refractivity contribution in [3.8, 4) is 0 Å². The first-order chi connectivity index (χ1) is 8.62. The standard InChI is InChI=1S/C14H19O3P/c1-4-16-18(15,17-5-2)13(3)11-12-14-9-7-6-8-10-14/h6-12H,3-5H2,1-2H3/b12-11+. The van der Waals surface area contributed by atoms with Crippen LogP contribution in [0, 0.1) is 0 Å². The molecule has 1 rings (SSSR count). The molecule has 0 fully saturated rings. The van der Waals surface area contributed by atoms with Crippen LogP contribution in [0.15, 0.2) is 48.3 Å². The van der Waals surface area contributed by atoms with Crippen molar-refractivity contribution in [2.45, 2.75) is 13.8 Å². The normalized spacial score (nSPS) is 11.9. The first kappa shape index (κ1) is 14.9. The smallest absolute Gasteiger partial charge is 0.306 e. The second-order valence-electron chi connectivity index (χ2n) is 3.57. The van der Waals surface area contributed by atoms with E-state index in [1.807, 2.05) is 36.4 Å². The first-order valence-corrected chi connectivity index (χ1v) is 7.48. The number of hydrogen-bond donors (Lipinski definition) is 0. The van der Waals surface area contributed by atoms with Crippen LogP contribution in [0.4, 0.5) is 0 Å². The summed E-state index contributed by atoms with van der Waals surface area (Å²) in [5.41, 5.74) is 1.01. The summed E-state index contributed by atoms with van der Waals surface area (Å²) in [6, 6.07) is 9.73. The number of allylic oxidation sites excluding steroid dienone is 2. The Morgan fingerprint density at radius 1 is 1.22 bits per heavy atom. The van der Waals surface area contributed by atoms with Crippen LogP contribution in [0.5, 0.6) is 0 Å². The minimum atomic E-state index is -3.23. The van der Waals surface area contributed by atoms with Crippen LogP contribution >= 0.6 is 7.60 Å². The van der Waals surface area contributed by atoms with Crippen molar-refractivity contribution in [1.82, 2.24) is 0 Å². The van der Waals surface area contributed by atoms with Gasteiger partial charge in [-0.05, 0) is 25.5 Å². The molecule has 0 radical (unpaired) electrons. The van der Waals surface area contributed by atoms with Crippen molar-refractivity contribution in [2.24, 2.45) is 0 Å². The molecule has 0 spiro atoms. The molecule has 0 bridgehead atoms. The fourth-order valence-electron chi connectivity index (χ4n) is 1.39. The van der Waals surface area contributed by atoms with Gasteiger partial charge in [0.25, 0.3) is 0 Å². The van der Waals surface area contributed by atoms with Crippen molar-refractivity contribution in [3.05, 3.63) is 53.9 Å². The van der Waals surface area contributed by atoms with Crippen molar-refractivity contribution >= 4 is 13.7 Å². The Kier molecular flexibility index (Phi) is 6.06. The molecule has 0 amide bonds. The zero-order valence-electron chi connectivity index (χ0n) is 10.8. The lowest BCUT2D eigenvalue weighted by Crippen LogP contribution is -1.96. The molecule has 18 heavy (non-hydrogen) atoms. The summed E-state index contributed by atoms with van der Waals surface area (Å²) in [5.74, 6) is 0. The monoisotopic (exact) mass is 266 g/mol. The second-order valence-corrected chi connectivity index (χ2v) is 5.65. The lowest BCUT2D eigenvalue weighted by Gasteiger charge is -2.16. The van der Waals surface area contributed by atoms with Gasteiger partial charge in [-0.2, -0.15) is 0 Å². The summed E-state index contributed by atoms with van der Waals surface area (Å²) in [7, 11) is -3.23. The number of rotatable bonds is 7. The predicted octanol–water partition coefficient (Wildman–Crippen LogP) is 4.48. The van der Waals surface area contributed by atoms with Crippen LogP contribution in [0.2, 0.25) is 0 Å². The Balaban J connectivity index is 2.79. The van der Waals surface area contributed by atoms with E-state index in [4.69, 9.17) is 9.05 Å². The molecule has 0 unspecified atom stereocenters. The minimum absolute atomic E-state index is 0.329. The molecule has 98 valence electrons. The molecule has 0 atom stereocenters. The van der Waals surface area contributed by atoms with E-state index in [9.17, 15) is 4.57 Å². The van der Waals surface area contributed by atoms with E-state index in [1.54, 1.807) is 19.9 Å². The van der Waals surface area contributed by atoms with E-state index in [2.05, 4.69) is 6.58 Å². The molecule has 1 aromatic carbocycles. The largest absolute Gasteiger partial charge is 0.360 e.